The van der Waals surface area contributed by atoms with E-state index in [4.69, 9.17) is 14.2 Å². The molecule has 3 atom stereocenters. The van der Waals surface area contributed by atoms with Gasteiger partial charge >= 0.3 is 0 Å². The second-order valence-corrected chi connectivity index (χ2v) is 6.44. The molecule has 2 aliphatic rings. The summed E-state index contributed by atoms with van der Waals surface area (Å²) in [6, 6.07) is 6.52. The van der Waals surface area contributed by atoms with E-state index in [-0.39, 0.29) is 24.9 Å². The molecule has 0 radical (unpaired) electrons. The first-order valence-electron chi connectivity index (χ1n) is 7.66. The first-order valence-corrected chi connectivity index (χ1v) is 7.66. The molecule has 2 heterocycles. The largest absolute Gasteiger partial charge is 0.394 e. The fraction of sp³-hybridized carbons (Fsp3) is 0.647. The predicted octanol–water partition coefficient (Wildman–Crippen LogP) is 2.51. The molecule has 1 fully saturated rings. The standard InChI is InChI=1S/C17H24O4/c1-11-4-5-13-12(8-11)6-7-19-14(13)9-15-16(10-18)21-17(2,3)20-15/h4-5,8,14-16,18H,6-7,9-10H2,1-3H3. The number of aryl methyl sites for hydroxylation is 1. The summed E-state index contributed by atoms with van der Waals surface area (Å²) >= 11 is 0. The van der Waals surface area contributed by atoms with Gasteiger partial charge in [0.1, 0.15) is 6.10 Å². The van der Waals surface area contributed by atoms with Crippen LogP contribution < -0.4 is 0 Å². The summed E-state index contributed by atoms with van der Waals surface area (Å²) in [4.78, 5) is 0. The van der Waals surface area contributed by atoms with Gasteiger partial charge < -0.3 is 19.3 Å². The first kappa shape index (κ1) is 15.0. The van der Waals surface area contributed by atoms with Gasteiger partial charge in [-0.15, -0.1) is 0 Å². The molecule has 0 aliphatic carbocycles. The molecule has 3 unspecified atom stereocenters. The van der Waals surface area contributed by atoms with Crippen LogP contribution in [0, 0.1) is 6.92 Å². The van der Waals surface area contributed by atoms with Crippen LogP contribution in [0.2, 0.25) is 0 Å². The van der Waals surface area contributed by atoms with E-state index < -0.39 is 5.79 Å². The van der Waals surface area contributed by atoms with Crippen molar-refractivity contribution in [1.29, 1.82) is 0 Å². The number of aliphatic hydroxyl groups is 1. The van der Waals surface area contributed by atoms with Gasteiger partial charge in [-0.05, 0) is 38.3 Å². The summed E-state index contributed by atoms with van der Waals surface area (Å²) in [5, 5.41) is 9.48. The topological polar surface area (TPSA) is 47.9 Å². The maximum absolute atomic E-state index is 9.48. The van der Waals surface area contributed by atoms with E-state index in [1.807, 2.05) is 13.8 Å². The van der Waals surface area contributed by atoms with Gasteiger partial charge in [-0.2, -0.15) is 0 Å². The lowest BCUT2D eigenvalue weighted by Crippen LogP contribution is -2.30. The van der Waals surface area contributed by atoms with Crippen molar-refractivity contribution >= 4 is 0 Å². The molecule has 0 aromatic heterocycles. The van der Waals surface area contributed by atoms with Crippen LogP contribution in [0.1, 0.15) is 43.1 Å². The minimum atomic E-state index is -0.636. The molecule has 2 aliphatic heterocycles. The molecule has 4 heteroatoms. The molecule has 0 saturated carbocycles. The van der Waals surface area contributed by atoms with E-state index in [9.17, 15) is 5.11 Å². The molecule has 1 N–H and O–H groups in total. The van der Waals surface area contributed by atoms with E-state index in [1.165, 1.54) is 16.7 Å². The Labute approximate surface area is 126 Å². The van der Waals surface area contributed by atoms with Gasteiger partial charge in [0.25, 0.3) is 0 Å². The highest BCUT2D eigenvalue weighted by molar-refractivity contribution is 5.34. The molecular formula is C17H24O4. The average molecular weight is 292 g/mol. The number of aliphatic hydroxyl groups excluding tert-OH is 1. The molecule has 4 nitrogen and oxygen atoms in total. The second kappa shape index (κ2) is 5.69. The van der Waals surface area contributed by atoms with E-state index in [1.54, 1.807) is 0 Å². The van der Waals surface area contributed by atoms with Crippen LogP contribution in [0.25, 0.3) is 0 Å². The molecule has 1 aromatic carbocycles. The van der Waals surface area contributed by atoms with Crippen molar-refractivity contribution in [3.8, 4) is 0 Å². The van der Waals surface area contributed by atoms with Crippen LogP contribution in [0.5, 0.6) is 0 Å². The smallest absolute Gasteiger partial charge is 0.163 e. The van der Waals surface area contributed by atoms with Gasteiger partial charge in [-0.3, -0.25) is 0 Å². The van der Waals surface area contributed by atoms with Crippen molar-refractivity contribution in [2.24, 2.45) is 0 Å². The molecule has 116 valence electrons. The molecule has 21 heavy (non-hydrogen) atoms. The van der Waals surface area contributed by atoms with Crippen LogP contribution in [-0.2, 0) is 20.6 Å². The fourth-order valence-electron chi connectivity index (χ4n) is 3.34. The van der Waals surface area contributed by atoms with Crippen LogP contribution in [0.15, 0.2) is 18.2 Å². The lowest BCUT2D eigenvalue weighted by atomic mass is 9.92. The third kappa shape index (κ3) is 3.14. The summed E-state index contributed by atoms with van der Waals surface area (Å²) in [7, 11) is 0. The number of rotatable bonds is 3. The van der Waals surface area contributed by atoms with Gasteiger partial charge in [-0.1, -0.05) is 23.8 Å². The minimum absolute atomic E-state index is 0.0194. The Kier molecular flexibility index (Phi) is 4.06. The maximum atomic E-state index is 9.48. The SMILES string of the molecule is Cc1ccc2c(c1)CCOC2CC1OC(C)(C)OC1CO. The Balaban J connectivity index is 1.77. The summed E-state index contributed by atoms with van der Waals surface area (Å²) in [5.74, 6) is -0.636. The second-order valence-electron chi connectivity index (χ2n) is 6.44. The minimum Gasteiger partial charge on any atom is -0.394 e. The highest BCUT2D eigenvalue weighted by Crippen LogP contribution is 2.37. The fourth-order valence-corrected chi connectivity index (χ4v) is 3.34. The highest BCUT2D eigenvalue weighted by atomic mass is 16.8. The van der Waals surface area contributed by atoms with Crippen molar-refractivity contribution < 1.29 is 19.3 Å². The van der Waals surface area contributed by atoms with Crippen molar-refractivity contribution in [2.45, 2.75) is 57.7 Å². The number of benzene rings is 1. The van der Waals surface area contributed by atoms with Gasteiger partial charge in [0, 0.05) is 6.42 Å². The van der Waals surface area contributed by atoms with Crippen LogP contribution >= 0.6 is 0 Å². The Morgan fingerprint density at radius 3 is 2.76 bits per heavy atom. The quantitative estimate of drug-likeness (QED) is 0.930. The summed E-state index contributed by atoms with van der Waals surface area (Å²) < 4.78 is 17.6. The van der Waals surface area contributed by atoms with Crippen LogP contribution in [-0.4, -0.2) is 36.3 Å². The maximum Gasteiger partial charge on any atom is 0.163 e. The van der Waals surface area contributed by atoms with Crippen LogP contribution in [0.4, 0.5) is 0 Å². The molecule has 1 aromatic rings. The molecule has 0 spiro atoms. The van der Waals surface area contributed by atoms with E-state index in [2.05, 4.69) is 25.1 Å². The number of ether oxygens (including phenoxy) is 3. The summed E-state index contributed by atoms with van der Waals surface area (Å²) in [6.07, 6.45) is 1.28. The van der Waals surface area contributed by atoms with Crippen molar-refractivity contribution in [3.63, 3.8) is 0 Å². The number of hydrogen-bond donors (Lipinski definition) is 1. The Bertz CT molecular complexity index is 512. The van der Waals surface area contributed by atoms with E-state index in [0.717, 1.165) is 13.0 Å². The third-order valence-electron chi connectivity index (χ3n) is 4.25. The van der Waals surface area contributed by atoms with E-state index in [0.29, 0.717) is 6.42 Å². The van der Waals surface area contributed by atoms with Crippen molar-refractivity contribution in [1.82, 2.24) is 0 Å². The van der Waals surface area contributed by atoms with Gasteiger partial charge in [-0.25, -0.2) is 0 Å². The monoisotopic (exact) mass is 292 g/mol. The molecule has 1 saturated heterocycles. The number of fused-ring (bicyclic) bond motifs is 1. The van der Waals surface area contributed by atoms with Gasteiger partial charge in [0.05, 0.1) is 25.4 Å². The summed E-state index contributed by atoms with van der Waals surface area (Å²) in [6.45, 7) is 6.59. The molecule has 0 bridgehead atoms. The normalized spacial score (nSPS) is 31.1. The highest BCUT2D eigenvalue weighted by Gasteiger charge is 2.42. The lowest BCUT2D eigenvalue weighted by molar-refractivity contribution is -0.151. The molecular weight excluding hydrogens is 268 g/mol. The summed E-state index contributed by atoms with van der Waals surface area (Å²) in [5.41, 5.74) is 3.89. The zero-order valence-corrected chi connectivity index (χ0v) is 13.0. The van der Waals surface area contributed by atoms with Crippen molar-refractivity contribution in [2.75, 3.05) is 13.2 Å². The van der Waals surface area contributed by atoms with Crippen molar-refractivity contribution in [3.05, 3.63) is 34.9 Å². The third-order valence-corrected chi connectivity index (χ3v) is 4.25. The zero-order chi connectivity index (χ0) is 15.0. The number of hydrogen-bond acceptors (Lipinski definition) is 4. The molecule has 3 rings (SSSR count). The Morgan fingerprint density at radius 1 is 1.24 bits per heavy atom. The van der Waals surface area contributed by atoms with Gasteiger partial charge in [0.2, 0.25) is 0 Å². The molecule has 0 amide bonds. The van der Waals surface area contributed by atoms with Gasteiger partial charge in [0.15, 0.2) is 5.79 Å². The Hall–Kier alpha value is -0.940. The lowest BCUT2D eigenvalue weighted by Gasteiger charge is -2.29. The zero-order valence-electron chi connectivity index (χ0n) is 13.0. The average Bonchev–Trinajstić information content (AvgIpc) is 2.73. The first-order chi connectivity index (χ1) is 9.98. The predicted molar refractivity (Wildman–Crippen MR) is 79.1 cm³/mol. The Morgan fingerprint density at radius 2 is 2.00 bits per heavy atom. The van der Waals surface area contributed by atoms with Crippen LogP contribution in [0.3, 0.4) is 0 Å². The van der Waals surface area contributed by atoms with E-state index >= 15 is 0 Å².